The first-order valence-electron chi connectivity index (χ1n) is 11.4. The number of primary amides is 1. The van der Waals surface area contributed by atoms with Crippen LogP contribution in [0.15, 0.2) is 36.4 Å². The molecule has 1 fully saturated rings. The summed E-state index contributed by atoms with van der Waals surface area (Å²) < 4.78 is 52.9. The maximum atomic E-state index is 14.1. The Morgan fingerprint density at radius 3 is 2.36 bits per heavy atom. The van der Waals surface area contributed by atoms with Crippen molar-refractivity contribution in [2.45, 2.75) is 50.4 Å². The number of likely N-dealkylation sites (N-methyl/N-ethyl adjacent to an activating group) is 1. The molecule has 2 N–H and O–H groups in total. The van der Waals surface area contributed by atoms with Crippen LogP contribution >= 0.6 is 23.2 Å². The van der Waals surface area contributed by atoms with Gasteiger partial charge in [-0.15, -0.1) is 0 Å². The van der Waals surface area contributed by atoms with Crippen LogP contribution in [0.1, 0.15) is 48.3 Å². The average molecular weight is 548 g/mol. The summed E-state index contributed by atoms with van der Waals surface area (Å²) in [6.45, 7) is 0.959. The third kappa shape index (κ3) is 7.11. The zero-order valence-corrected chi connectivity index (χ0v) is 21.1. The van der Waals surface area contributed by atoms with Crippen LogP contribution < -0.4 is 5.73 Å². The molecule has 0 saturated carbocycles. The first kappa shape index (κ1) is 28.2. The van der Waals surface area contributed by atoms with E-state index in [0.29, 0.717) is 41.5 Å². The summed E-state index contributed by atoms with van der Waals surface area (Å²) in [6.07, 6.45) is -3.23. The summed E-state index contributed by atoms with van der Waals surface area (Å²) in [5.74, 6) is -1.96. The van der Waals surface area contributed by atoms with E-state index in [1.165, 1.54) is 6.07 Å². The third-order valence-corrected chi connectivity index (χ3v) is 7.15. The van der Waals surface area contributed by atoms with E-state index in [1.54, 1.807) is 24.1 Å². The van der Waals surface area contributed by atoms with Crippen LogP contribution in [-0.2, 0) is 22.3 Å². The molecule has 5 nitrogen and oxygen atoms in total. The van der Waals surface area contributed by atoms with Crippen molar-refractivity contribution < 1.29 is 27.2 Å². The van der Waals surface area contributed by atoms with E-state index in [4.69, 9.17) is 28.9 Å². The van der Waals surface area contributed by atoms with Gasteiger partial charge in [-0.25, -0.2) is 4.39 Å². The molecule has 1 heterocycles. The summed E-state index contributed by atoms with van der Waals surface area (Å²) in [5, 5.41) is 0.766. The maximum absolute atomic E-state index is 14.1. The summed E-state index contributed by atoms with van der Waals surface area (Å²) in [5.41, 5.74) is 5.09. The summed E-state index contributed by atoms with van der Waals surface area (Å²) in [7, 11) is 1.78. The highest BCUT2D eigenvalue weighted by molar-refractivity contribution is 6.42. The first-order chi connectivity index (χ1) is 16.9. The van der Waals surface area contributed by atoms with Crippen molar-refractivity contribution in [3.63, 3.8) is 0 Å². The lowest BCUT2D eigenvalue weighted by Gasteiger charge is -2.29. The molecule has 11 heteroatoms. The van der Waals surface area contributed by atoms with Crippen molar-refractivity contribution in [2.75, 3.05) is 20.1 Å². The van der Waals surface area contributed by atoms with E-state index in [0.717, 1.165) is 17.7 Å². The Hall–Kier alpha value is -2.36. The van der Waals surface area contributed by atoms with Crippen molar-refractivity contribution in [1.29, 1.82) is 0 Å². The molecule has 0 spiro atoms. The standard InChI is InChI=1S/C25H27Cl2F4N3O2/c1-33(12-15-6-8-18(21(28)10-15)25(29,30)31)22-14-34(24(36)5-3-2-4-23(32)35)13-17(22)16-7-9-19(26)20(27)11-16/h6-11,17,22H,2-5,12-14H2,1H3,(H2,32,35)/t17-,22-/m1/s1. The second kappa shape index (κ2) is 11.8. The lowest BCUT2D eigenvalue weighted by Crippen LogP contribution is -2.38. The second-order valence-corrected chi connectivity index (χ2v) is 9.86. The summed E-state index contributed by atoms with van der Waals surface area (Å²) in [6, 6.07) is 7.94. The Bertz CT molecular complexity index is 1110. The number of nitrogens with zero attached hydrogens (tertiary/aromatic N) is 2. The molecule has 0 aromatic heterocycles. The van der Waals surface area contributed by atoms with Crippen LogP contribution in [-0.4, -0.2) is 47.8 Å². The molecule has 2 aromatic carbocycles. The van der Waals surface area contributed by atoms with Gasteiger partial charge in [0, 0.05) is 44.4 Å². The molecular weight excluding hydrogens is 521 g/mol. The quantitative estimate of drug-likeness (QED) is 0.327. The van der Waals surface area contributed by atoms with E-state index in [9.17, 15) is 27.2 Å². The molecule has 2 amide bonds. The molecule has 196 valence electrons. The highest BCUT2D eigenvalue weighted by Crippen LogP contribution is 2.36. The number of hydrogen-bond donors (Lipinski definition) is 1. The number of unbranched alkanes of at least 4 members (excludes halogenated alkanes) is 1. The number of nitrogens with two attached hydrogens (primary N) is 1. The Balaban J connectivity index is 1.78. The molecule has 1 saturated heterocycles. The molecule has 0 radical (unpaired) electrons. The van der Waals surface area contributed by atoms with E-state index in [1.807, 2.05) is 11.0 Å². The zero-order chi connectivity index (χ0) is 26.6. The Morgan fingerprint density at radius 2 is 1.75 bits per heavy atom. The van der Waals surface area contributed by atoms with Crippen LogP contribution in [0.3, 0.4) is 0 Å². The SMILES string of the molecule is CN(Cc1ccc(C(F)(F)F)c(F)c1)[C@@H]1CN(C(=O)CCCCC(N)=O)C[C@@H]1c1ccc(Cl)c(Cl)c1. The largest absolute Gasteiger partial charge is 0.419 e. The number of benzene rings is 2. The predicted octanol–water partition coefficient (Wildman–Crippen LogP) is 5.62. The number of likely N-dealkylation sites (tertiary alicyclic amines) is 1. The normalized spacial score (nSPS) is 18.2. The van der Waals surface area contributed by atoms with Crippen LogP contribution in [0, 0.1) is 5.82 Å². The lowest BCUT2D eigenvalue weighted by molar-refractivity contribution is -0.140. The first-order valence-corrected chi connectivity index (χ1v) is 12.2. The smallest absolute Gasteiger partial charge is 0.370 e. The van der Waals surface area contributed by atoms with Crippen LogP contribution in [0.2, 0.25) is 10.0 Å². The lowest BCUT2D eigenvalue weighted by atomic mass is 9.93. The Labute approximate surface area is 217 Å². The fourth-order valence-corrected chi connectivity index (χ4v) is 4.84. The Morgan fingerprint density at radius 1 is 1.06 bits per heavy atom. The third-order valence-electron chi connectivity index (χ3n) is 6.41. The van der Waals surface area contributed by atoms with Gasteiger partial charge in [-0.2, -0.15) is 13.2 Å². The highest BCUT2D eigenvalue weighted by atomic mass is 35.5. The number of halogens is 6. The summed E-state index contributed by atoms with van der Waals surface area (Å²) >= 11 is 12.3. The van der Waals surface area contributed by atoms with Gasteiger partial charge in [-0.3, -0.25) is 14.5 Å². The minimum Gasteiger partial charge on any atom is -0.370 e. The minimum atomic E-state index is -4.77. The predicted molar refractivity (Wildman–Crippen MR) is 130 cm³/mol. The molecule has 0 unspecified atom stereocenters. The van der Waals surface area contributed by atoms with Gasteiger partial charge >= 0.3 is 6.18 Å². The van der Waals surface area contributed by atoms with Crippen LogP contribution in [0.25, 0.3) is 0 Å². The molecule has 2 atom stereocenters. The average Bonchev–Trinajstić information content (AvgIpc) is 3.23. The number of carbonyl (C=O) groups is 2. The number of alkyl halides is 3. The van der Waals surface area contributed by atoms with Gasteiger partial charge in [0.05, 0.1) is 15.6 Å². The Kier molecular flexibility index (Phi) is 9.24. The highest BCUT2D eigenvalue weighted by Gasteiger charge is 2.39. The van der Waals surface area contributed by atoms with Crippen LogP contribution in [0.4, 0.5) is 17.6 Å². The second-order valence-electron chi connectivity index (χ2n) is 9.05. The fraction of sp³-hybridized carbons (Fsp3) is 0.440. The van der Waals surface area contributed by atoms with Gasteiger partial charge in [0.1, 0.15) is 5.82 Å². The van der Waals surface area contributed by atoms with Crippen molar-refractivity contribution in [3.8, 4) is 0 Å². The molecule has 2 aromatic rings. The van der Waals surface area contributed by atoms with Crippen molar-refractivity contribution in [2.24, 2.45) is 5.73 Å². The molecule has 0 aliphatic carbocycles. The minimum absolute atomic E-state index is 0.0685. The van der Waals surface area contributed by atoms with E-state index >= 15 is 0 Å². The van der Waals surface area contributed by atoms with Crippen molar-refractivity contribution in [1.82, 2.24) is 9.80 Å². The van der Waals surface area contributed by atoms with Gasteiger partial charge < -0.3 is 10.6 Å². The van der Waals surface area contributed by atoms with Gasteiger partial charge in [-0.05, 0) is 55.3 Å². The van der Waals surface area contributed by atoms with Gasteiger partial charge in [0.2, 0.25) is 11.8 Å². The molecule has 1 aliphatic heterocycles. The van der Waals surface area contributed by atoms with Gasteiger partial charge in [0.15, 0.2) is 0 Å². The molecule has 3 rings (SSSR count). The number of hydrogen-bond acceptors (Lipinski definition) is 3. The number of carbonyl (C=O) groups excluding carboxylic acids is 2. The van der Waals surface area contributed by atoms with E-state index in [-0.39, 0.29) is 37.3 Å². The molecular formula is C25H27Cl2F4N3O2. The molecule has 0 bridgehead atoms. The molecule has 1 aliphatic rings. The van der Waals surface area contributed by atoms with Crippen LogP contribution in [0.5, 0.6) is 0 Å². The summed E-state index contributed by atoms with van der Waals surface area (Å²) in [4.78, 5) is 27.4. The topological polar surface area (TPSA) is 66.6 Å². The zero-order valence-electron chi connectivity index (χ0n) is 19.6. The number of amides is 2. The fourth-order valence-electron chi connectivity index (χ4n) is 4.53. The van der Waals surface area contributed by atoms with Crippen molar-refractivity contribution >= 4 is 35.0 Å². The van der Waals surface area contributed by atoms with Gasteiger partial charge in [0.25, 0.3) is 0 Å². The number of rotatable bonds is 9. The monoisotopic (exact) mass is 547 g/mol. The van der Waals surface area contributed by atoms with E-state index in [2.05, 4.69) is 0 Å². The van der Waals surface area contributed by atoms with Gasteiger partial charge in [-0.1, -0.05) is 35.3 Å². The molecule has 36 heavy (non-hydrogen) atoms. The van der Waals surface area contributed by atoms with Crippen molar-refractivity contribution in [3.05, 3.63) is 69.0 Å². The van der Waals surface area contributed by atoms with E-state index < -0.39 is 23.5 Å². The maximum Gasteiger partial charge on any atom is 0.419 e.